The Morgan fingerprint density at radius 1 is 1.28 bits per heavy atom. The SMILES string of the molecule is CCn1nc(C)c(CN2CCCC(C(=O)Nc3ccccc3)C2)c1C. The highest BCUT2D eigenvalue weighted by Gasteiger charge is 2.27. The molecule has 1 amide bonds. The molecule has 25 heavy (non-hydrogen) atoms. The van der Waals surface area contributed by atoms with Crippen molar-refractivity contribution in [3.63, 3.8) is 0 Å². The minimum atomic E-state index is 0.0517. The van der Waals surface area contributed by atoms with Gasteiger partial charge in [-0.15, -0.1) is 0 Å². The smallest absolute Gasteiger partial charge is 0.228 e. The first-order valence-corrected chi connectivity index (χ1v) is 9.19. The summed E-state index contributed by atoms with van der Waals surface area (Å²) < 4.78 is 2.06. The van der Waals surface area contributed by atoms with Gasteiger partial charge in [0.15, 0.2) is 0 Å². The Kier molecular flexibility index (Phi) is 5.53. The monoisotopic (exact) mass is 340 g/mol. The third-order valence-electron chi connectivity index (χ3n) is 5.13. The van der Waals surface area contributed by atoms with Crippen LogP contribution >= 0.6 is 0 Å². The van der Waals surface area contributed by atoms with Gasteiger partial charge in [0.25, 0.3) is 0 Å². The summed E-state index contributed by atoms with van der Waals surface area (Å²) in [5.41, 5.74) is 4.54. The molecule has 1 aliphatic heterocycles. The molecule has 1 fully saturated rings. The molecule has 0 radical (unpaired) electrons. The van der Waals surface area contributed by atoms with Crippen molar-refractivity contribution in [2.24, 2.45) is 5.92 Å². The zero-order valence-electron chi connectivity index (χ0n) is 15.5. The average Bonchev–Trinajstić information content (AvgIpc) is 2.90. The van der Waals surface area contributed by atoms with Crippen LogP contribution in [-0.2, 0) is 17.9 Å². The van der Waals surface area contributed by atoms with E-state index in [1.165, 1.54) is 11.3 Å². The van der Waals surface area contributed by atoms with Gasteiger partial charge in [-0.2, -0.15) is 5.10 Å². The topological polar surface area (TPSA) is 50.2 Å². The van der Waals surface area contributed by atoms with Gasteiger partial charge in [0.1, 0.15) is 0 Å². The van der Waals surface area contributed by atoms with E-state index >= 15 is 0 Å². The van der Waals surface area contributed by atoms with Crippen molar-refractivity contribution in [3.8, 4) is 0 Å². The number of benzene rings is 1. The van der Waals surface area contributed by atoms with Crippen molar-refractivity contribution in [1.82, 2.24) is 14.7 Å². The highest BCUT2D eigenvalue weighted by Crippen LogP contribution is 2.23. The molecular weight excluding hydrogens is 312 g/mol. The molecule has 1 aromatic heterocycles. The zero-order valence-corrected chi connectivity index (χ0v) is 15.5. The lowest BCUT2D eigenvalue weighted by Gasteiger charge is -2.32. The Morgan fingerprint density at radius 2 is 2.04 bits per heavy atom. The summed E-state index contributed by atoms with van der Waals surface area (Å²) in [6.07, 6.45) is 2.02. The van der Waals surface area contributed by atoms with Gasteiger partial charge in [-0.25, -0.2) is 0 Å². The molecular formula is C20H28N4O. The summed E-state index contributed by atoms with van der Waals surface area (Å²) in [7, 11) is 0. The summed E-state index contributed by atoms with van der Waals surface area (Å²) in [6.45, 7) is 9.98. The molecule has 1 N–H and O–H groups in total. The number of carbonyl (C=O) groups excluding carboxylic acids is 1. The molecule has 0 bridgehead atoms. The first-order chi connectivity index (χ1) is 12.1. The highest BCUT2D eigenvalue weighted by molar-refractivity contribution is 5.92. The normalized spacial score (nSPS) is 18.3. The van der Waals surface area contributed by atoms with Crippen LogP contribution in [0.1, 0.15) is 36.7 Å². The summed E-state index contributed by atoms with van der Waals surface area (Å²) >= 11 is 0. The fourth-order valence-electron chi connectivity index (χ4n) is 3.67. The quantitative estimate of drug-likeness (QED) is 0.908. The van der Waals surface area contributed by atoms with E-state index < -0.39 is 0 Å². The van der Waals surface area contributed by atoms with Gasteiger partial charge in [0, 0.05) is 36.6 Å². The number of piperidine rings is 1. The van der Waals surface area contributed by atoms with Gasteiger partial charge in [0.05, 0.1) is 11.6 Å². The standard InChI is InChI=1S/C20H28N4O/c1-4-24-16(3)19(15(2)22-24)14-23-12-8-9-17(13-23)20(25)21-18-10-6-5-7-11-18/h5-7,10-11,17H,4,8-9,12-14H2,1-3H3,(H,21,25). The minimum Gasteiger partial charge on any atom is -0.326 e. The maximum atomic E-state index is 12.6. The van der Waals surface area contributed by atoms with E-state index in [1.807, 2.05) is 30.3 Å². The van der Waals surface area contributed by atoms with E-state index in [1.54, 1.807) is 0 Å². The van der Waals surface area contributed by atoms with Crippen LogP contribution in [0, 0.1) is 19.8 Å². The number of anilines is 1. The molecule has 2 heterocycles. The molecule has 1 atom stereocenters. The van der Waals surface area contributed by atoms with E-state index in [2.05, 4.69) is 40.8 Å². The number of nitrogens with zero attached hydrogens (tertiary/aromatic N) is 3. The van der Waals surface area contributed by atoms with Crippen molar-refractivity contribution in [1.29, 1.82) is 0 Å². The number of aryl methyl sites for hydroxylation is 2. The van der Waals surface area contributed by atoms with Gasteiger partial charge >= 0.3 is 0 Å². The van der Waals surface area contributed by atoms with E-state index in [9.17, 15) is 4.79 Å². The Labute approximate surface area is 150 Å². The van der Waals surface area contributed by atoms with Gasteiger partial charge in [0.2, 0.25) is 5.91 Å². The lowest BCUT2D eigenvalue weighted by atomic mass is 9.96. The second kappa shape index (κ2) is 7.83. The molecule has 5 heteroatoms. The van der Waals surface area contributed by atoms with E-state index in [0.29, 0.717) is 0 Å². The molecule has 5 nitrogen and oxygen atoms in total. The molecule has 0 spiro atoms. The van der Waals surface area contributed by atoms with Crippen LogP contribution in [-0.4, -0.2) is 33.7 Å². The highest BCUT2D eigenvalue weighted by atomic mass is 16.1. The zero-order chi connectivity index (χ0) is 17.8. The van der Waals surface area contributed by atoms with Crippen LogP contribution in [0.3, 0.4) is 0 Å². The maximum absolute atomic E-state index is 12.6. The molecule has 0 saturated carbocycles. The number of carbonyl (C=O) groups is 1. The summed E-state index contributed by atoms with van der Waals surface area (Å²) in [4.78, 5) is 15.0. The second-order valence-corrected chi connectivity index (χ2v) is 6.89. The summed E-state index contributed by atoms with van der Waals surface area (Å²) in [6, 6.07) is 9.72. The van der Waals surface area contributed by atoms with E-state index in [-0.39, 0.29) is 11.8 Å². The number of rotatable bonds is 5. The lowest BCUT2D eigenvalue weighted by Crippen LogP contribution is -2.40. The molecule has 0 aliphatic carbocycles. The Balaban J connectivity index is 1.63. The van der Waals surface area contributed by atoms with Crippen molar-refractivity contribution < 1.29 is 4.79 Å². The van der Waals surface area contributed by atoms with Gasteiger partial charge in [-0.1, -0.05) is 18.2 Å². The molecule has 134 valence electrons. The molecule has 3 rings (SSSR count). The third-order valence-corrected chi connectivity index (χ3v) is 5.13. The molecule has 1 saturated heterocycles. The largest absolute Gasteiger partial charge is 0.326 e. The first kappa shape index (κ1) is 17.7. The maximum Gasteiger partial charge on any atom is 0.228 e. The van der Waals surface area contributed by atoms with E-state index in [0.717, 1.165) is 50.4 Å². The molecule has 1 aliphatic rings. The fourth-order valence-corrected chi connectivity index (χ4v) is 3.67. The first-order valence-electron chi connectivity index (χ1n) is 9.19. The molecule has 2 aromatic rings. The number of para-hydroxylation sites is 1. The van der Waals surface area contributed by atoms with Crippen LogP contribution in [0.25, 0.3) is 0 Å². The lowest BCUT2D eigenvalue weighted by molar-refractivity contribution is -0.121. The van der Waals surface area contributed by atoms with Crippen molar-refractivity contribution in [2.75, 3.05) is 18.4 Å². The van der Waals surface area contributed by atoms with Crippen LogP contribution in [0.4, 0.5) is 5.69 Å². The Hall–Kier alpha value is -2.14. The minimum absolute atomic E-state index is 0.0517. The molecule has 1 unspecified atom stereocenters. The van der Waals surface area contributed by atoms with Gasteiger partial charge < -0.3 is 5.32 Å². The van der Waals surface area contributed by atoms with Crippen molar-refractivity contribution in [3.05, 3.63) is 47.3 Å². The van der Waals surface area contributed by atoms with Crippen LogP contribution in [0.5, 0.6) is 0 Å². The number of aromatic nitrogens is 2. The van der Waals surface area contributed by atoms with Gasteiger partial charge in [-0.05, 0) is 52.3 Å². The fraction of sp³-hybridized carbons (Fsp3) is 0.500. The summed E-state index contributed by atoms with van der Waals surface area (Å²) in [5.74, 6) is 0.185. The summed E-state index contributed by atoms with van der Waals surface area (Å²) in [5, 5.41) is 7.66. The number of amides is 1. The van der Waals surface area contributed by atoms with Crippen molar-refractivity contribution in [2.45, 2.75) is 46.7 Å². The van der Waals surface area contributed by atoms with Crippen LogP contribution < -0.4 is 5.32 Å². The number of nitrogens with one attached hydrogen (secondary N) is 1. The average molecular weight is 340 g/mol. The predicted octanol–water partition coefficient (Wildman–Crippen LogP) is 3.37. The molecule has 1 aromatic carbocycles. The number of likely N-dealkylation sites (tertiary alicyclic amines) is 1. The van der Waals surface area contributed by atoms with Crippen LogP contribution in [0.2, 0.25) is 0 Å². The van der Waals surface area contributed by atoms with Crippen molar-refractivity contribution >= 4 is 11.6 Å². The third kappa shape index (κ3) is 4.10. The number of hydrogen-bond donors (Lipinski definition) is 1. The second-order valence-electron chi connectivity index (χ2n) is 6.89. The Morgan fingerprint density at radius 3 is 2.72 bits per heavy atom. The van der Waals surface area contributed by atoms with E-state index in [4.69, 9.17) is 0 Å². The van der Waals surface area contributed by atoms with Gasteiger partial charge in [-0.3, -0.25) is 14.4 Å². The Bertz CT molecular complexity index is 723. The van der Waals surface area contributed by atoms with Crippen LogP contribution in [0.15, 0.2) is 30.3 Å². The predicted molar refractivity (Wildman–Crippen MR) is 100 cm³/mol. The number of hydrogen-bond acceptors (Lipinski definition) is 3.